The number of para-hydroxylation sites is 1. The smallest absolute Gasteiger partial charge is 0.270 e. The van der Waals surface area contributed by atoms with Crippen LogP contribution in [0.1, 0.15) is 16.1 Å². The molecule has 1 amide bonds. The molecule has 3 aromatic carbocycles. The molecule has 1 aliphatic rings. The Balaban J connectivity index is 1.43. The normalized spacial score (nSPS) is 12.0. The van der Waals surface area contributed by atoms with Crippen molar-refractivity contribution in [2.45, 2.75) is 6.54 Å². The van der Waals surface area contributed by atoms with Crippen LogP contribution in [0, 0.1) is 0 Å². The Bertz CT molecular complexity index is 1190. The van der Waals surface area contributed by atoms with Gasteiger partial charge in [0.05, 0.1) is 11.4 Å². The Hall–Kier alpha value is -4.06. The molecule has 0 unspecified atom stereocenters. The molecule has 30 heavy (non-hydrogen) atoms. The van der Waals surface area contributed by atoms with Gasteiger partial charge in [0, 0.05) is 12.1 Å². The minimum absolute atomic E-state index is 0.203. The predicted octanol–water partition coefficient (Wildman–Crippen LogP) is 4.20. The van der Waals surface area contributed by atoms with Gasteiger partial charge < -0.3 is 14.8 Å². The number of carbonyl (C=O) groups excluding carboxylic acids is 1. The number of carbonyl (C=O) groups is 1. The molecule has 6 nitrogen and oxygen atoms in total. The summed E-state index contributed by atoms with van der Waals surface area (Å²) < 4.78 is 12.4. The first-order valence-corrected chi connectivity index (χ1v) is 9.65. The van der Waals surface area contributed by atoms with Crippen molar-refractivity contribution in [2.75, 3.05) is 6.79 Å². The first-order valence-electron chi connectivity index (χ1n) is 9.65. The number of amides is 1. The minimum Gasteiger partial charge on any atom is -0.454 e. The van der Waals surface area contributed by atoms with E-state index in [9.17, 15) is 4.79 Å². The van der Waals surface area contributed by atoms with E-state index in [2.05, 4.69) is 5.32 Å². The number of rotatable bonds is 5. The van der Waals surface area contributed by atoms with E-state index in [1.807, 2.05) is 84.9 Å². The zero-order chi connectivity index (χ0) is 20.3. The molecule has 4 aromatic rings. The fourth-order valence-corrected chi connectivity index (χ4v) is 3.38. The quantitative estimate of drug-likeness (QED) is 0.548. The fourth-order valence-electron chi connectivity index (χ4n) is 3.38. The monoisotopic (exact) mass is 397 g/mol. The summed E-state index contributed by atoms with van der Waals surface area (Å²) in [5.74, 6) is 1.22. The molecule has 0 aliphatic carbocycles. The molecule has 0 atom stereocenters. The molecule has 2 heterocycles. The first kappa shape index (κ1) is 18.0. The Kier molecular flexibility index (Phi) is 4.65. The molecule has 0 saturated heterocycles. The number of hydrogen-bond donors (Lipinski definition) is 1. The molecule has 1 aliphatic heterocycles. The summed E-state index contributed by atoms with van der Waals surface area (Å²) in [6.45, 7) is 0.597. The van der Waals surface area contributed by atoms with E-state index in [0.29, 0.717) is 18.0 Å². The Morgan fingerprint density at radius 1 is 0.900 bits per heavy atom. The molecule has 0 radical (unpaired) electrons. The summed E-state index contributed by atoms with van der Waals surface area (Å²) in [5.41, 5.74) is 3.93. The molecular formula is C24H19N3O3. The number of hydrogen-bond acceptors (Lipinski definition) is 4. The van der Waals surface area contributed by atoms with Crippen LogP contribution in [0.5, 0.6) is 11.5 Å². The molecule has 0 fully saturated rings. The molecule has 0 bridgehead atoms. The first-order chi connectivity index (χ1) is 14.8. The molecule has 6 heteroatoms. The van der Waals surface area contributed by atoms with Crippen molar-refractivity contribution < 1.29 is 14.3 Å². The maximum atomic E-state index is 13.1. The highest BCUT2D eigenvalue weighted by atomic mass is 16.7. The summed E-state index contributed by atoms with van der Waals surface area (Å²) in [7, 11) is 0. The van der Waals surface area contributed by atoms with E-state index in [0.717, 1.165) is 28.3 Å². The van der Waals surface area contributed by atoms with E-state index in [4.69, 9.17) is 14.6 Å². The number of benzene rings is 3. The van der Waals surface area contributed by atoms with Crippen LogP contribution in [0.4, 0.5) is 0 Å². The van der Waals surface area contributed by atoms with Gasteiger partial charge in [-0.3, -0.25) is 4.79 Å². The van der Waals surface area contributed by atoms with Gasteiger partial charge in [0.2, 0.25) is 6.79 Å². The second-order valence-electron chi connectivity index (χ2n) is 6.90. The molecule has 1 aromatic heterocycles. The van der Waals surface area contributed by atoms with Gasteiger partial charge in [-0.05, 0) is 35.9 Å². The number of fused-ring (bicyclic) bond motifs is 1. The zero-order valence-corrected chi connectivity index (χ0v) is 16.1. The van der Waals surface area contributed by atoms with Crippen LogP contribution in [0.3, 0.4) is 0 Å². The molecule has 1 N–H and O–H groups in total. The summed E-state index contributed by atoms with van der Waals surface area (Å²) in [5, 5.41) is 7.68. The van der Waals surface area contributed by atoms with Crippen LogP contribution >= 0.6 is 0 Å². The summed E-state index contributed by atoms with van der Waals surface area (Å²) >= 11 is 0. The van der Waals surface area contributed by atoms with Crippen molar-refractivity contribution >= 4 is 5.91 Å². The third-order valence-corrected chi connectivity index (χ3v) is 4.90. The van der Waals surface area contributed by atoms with Gasteiger partial charge in [0.1, 0.15) is 5.69 Å². The van der Waals surface area contributed by atoms with Gasteiger partial charge in [0.15, 0.2) is 11.5 Å². The maximum Gasteiger partial charge on any atom is 0.270 e. The van der Waals surface area contributed by atoms with Crippen molar-refractivity contribution in [1.29, 1.82) is 0 Å². The van der Waals surface area contributed by atoms with Crippen LogP contribution in [0.25, 0.3) is 16.9 Å². The molecule has 0 spiro atoms. The SMILES string of the molecule is O=C(NCc1ccc2c(c1)OCO2)c1cc(-c2ccccc2)nn1-c1ccccc1. The van der Waals surface area contributed by atoms with E-state index in [1.165, 1.54) is 0 Å². The average molecular weight is 397 g/mol. The summed E-state index contributed by atoms with van der Waals surface area (Å²) in [6.07, 6.45) is 0. The van der Waals surface area contributed by atoms with E-state index in [1.54, 1.807) is 4.68 Å². The van der Waals surface area contributed by atoms with Gasteiger partial charge in [-0.1, -0.05) is 54.6 Å². The zero-order valence-electron chi connectivity index (χ0n) is 16.1. The maximum absolute atomic E-state index is 13.1. The third-order valence-electron chi connectivity index (χ3n) is 4.90. The molecule has 148 valence electrons. The van der Waals surface area contributed by atoms with Crippen molar-refractivity contribution in [3.63, 3.8) is 0 Å². The third kappa shape index (κ3) is 3.51. The highest BCUT2D eigenvalue weighted by molar-refractivity contribution is 5.94. The minimum atomic E-state index is -0.203. The Morgan fingerprint density at radius 2 is 1.63 bits per heavy atom. The summed E-state index contributed by atoms with van der Waals surface area (Å²) in [4.78, 5) is 13.1. The van der Waals surface area contributed by atoms with Crippen molar-refractivity contribution in [2.24, 2.45) is 0 Å². The Morgan fingerprint density at radius 3 is 2.43 bits per heavy atom. The number of nitrogens with zero attached hydrogens (tertiary/aromatic N) is 2. The lowest BCUT2D eigenvalue weighted by Crippen LogP contribution is -2.25. The van der Waals surface area contributed by atoms with Gasteiger partial charge in [0.25, 0.3) is 5.91 Å². The topological polar surface area (TPSA) is 65.4 Å². The van der Waals surface area contributed by atoms with E-state index in [-0.39, 0.29) is 12.7 Å². The van der Waals surface area contributed by atoms with Crippen molar-refractivity contribution in [3.8, 4) is 28.4 Å². The van der Waals surface area contributed by atoms with Crippen LogP contribution in [-0.4, -0.2) is 22.5 Å². The van der Waals surface area contributed by atoms with Gasteiger partial charge >= 0.3 is 0 Å². The number of nitrogens with one attached hydrogen (secondary N) is 1. The van der Waals surface area contributed by atoms with Crippen LogP contribution < -0.4 is 14.8 Å². The largest absolute Gasteiger partial charge is 0.454 e. The van der Waals surface area contributed by atoms with Crippen LogP contribution in [-0.2, 0) is 6.54 Å². The van der Waals surface area contributed by atoms with Gasteiger partial charge in [-0.15, -0.1) is 0 Å². The standard InChI is InChI=1S/C24H19N3O3/c28-24(25-15-17-11-12-22-23(13-17)30-16-29-22)21-14-20(18-7-3-1-4-8-18)26-27(21)19-9-5-2-6-10-19/h1-14H,15-16H2,(H,25,28). The second-order valence-corrected chi connectivity index (χ2v) is 6.90. The second kappa shape index (κ2) is 7.75. The molecule has 0 saturated carbocycles. The highest BCUT2D eigenvalue weighted by Crippen LogP contribution is 2.32. The lowest BCUT2D eigenvalue weighted by Gasteiger charge is -2.09. The van der Waals surface area contributed by atoms with Crippen molar-refractivity contribution in [1.82, 2.24) is 15.1 Å². The lowest BCUT2D eigenvalue weighted by molar-refractivity contribution is 0.0943. The lowest BCUT2D eigenvalue weighted by atomic mass is 10.1. The van der Waals surface area contributed by atoms with E-state index >= 15 is 0 Å². The predicted molar refractivity (Wildman–Crippen MR) is 113 cm³/mol. The molecule has 5 rings (SSSR count). The number of aromatic nitrogens is 2. The van der Waals surface area contributed by atoms with Gasteiger partial charge in [-0.2, -0.15) is 5.10 Å². The van der Waals surface area contributed by atoms with Gasteiger partial charge in [-0.25, -0.2) is 4.68 Å². The molecular weight excluding hydrogens is 378 g/mol. The summed E-state index contributed by atoms with van der Waals surface area (Å²) in [6, 6.07) is 26.9. The van der Waals surface area contributed by atoms with Crippen LogP contribution in [0.2, 0.25) is 0 Å². The highest BCUT2D eigenvalue weighted by Gasteiger charge is 2.18. The van der Waals surface area contributed by atoms with Crippen molar-refractivity contribution in [3.05, 3.63) is 96.2 Å². The van der Waals surface area contributed by atoms with Crippen LogP contribution in [0.15, 0.2) is 84.9 Å². The average Bonchev–Trinajstić information content (AvgIpc) is 3.46. The fraction of sp³-hybridized carbons (Fsp3) is 0.0833. The van der Waals surface area contributed by atoms with E-state index < -0.39 is 0 Å². The number of ether oxygens (including phenoxy) is 2. The Labute approximate surface area is 173 Å².